The minimum atomic E-state index is -1.29. The number of carboxylic acids is 1. The van der Waals surface area contributed by atoms with Gasteiger partial charge in [0, 0.05) is 5.88 Å². The number of aromatic hydroxyl groups is 3. The summed E-state index contributed by atoms with van der Waals surface area (Å²) < 4.78 is 0. The maximum Gasteiger partial charge on any atom is 0.335 e. The van der Waals surface area contributed by atoms with Crippen molar-refractivity contribution < 1.29 is 25.2 Å². The van der Waals surface area contributed by atoms with Gasteiger partial charge in [-0.25, -0.2) is 4.79 Å². The quantitative estimate of drug-likeness (QED) is 0.385. The summed E-state index contributed by atoms with van der Waals surface area (Å²) in [7, 11) is 0. The minimum Gasteiger partial charge on any atom is -0.504 e. The number of halogens is 1. The maximum atomic E-state index is 10.3. The molecule has 1 aromatic carbocycles. The molecule has 0 aromatic heterocycles. The van der Waals surface area contributed by atoms with Crippen molar-refractivity contribution in [3.63, 3.8) is 0 Å². The van der Waals surface area contributed by atoms with Crippen molar-refractivity contribution in [1.82, 2.24) is 0 Å². The molecule has 102 valence electrons. The van der Waals surface area contributed by atoms with Crippen LogP contribution in [0.15, 0.2) is 12.1 Å². The fraction of sp³-hybridized carbons (Fsp3) is 0.417. The molecular formula is C12H17ClO5. The van der Waals surface area contributed by atoms with Gasteiger partial charge in [0.2, 0.25) is 0 Å². The highest BCUT2D eigenvalue weighted by Gasteiger charge is 2.11. The van der Waals surface area contributed by atoms with Crippen LogP contribution < -0.4 is 0 Å². The molecule has 0 saturated carbocycles. The molecule has 0 fully saturated rings. The smallest absolute Gasteiger partial charge is 0.335 e. The van der Waals surface area contributed by atoms with E-state index < -0.39 is 23.2 Å². The van der Waals surface area contributed by atoms with Gasteiger partial charge in [-0.15, -0.1) is 11.6 Å². The molecule has 0 aliphatic heterocycles. The van der Waals surface area contributed by atoms with E-state index in [1.807, 2.05) is 0 Å². The standard InChI is InChI=1S/C7H6O5.C5H11Cl/c8-4-1-3(7(11)12)2-5(9)6(4)10;1-2-3-4-5-6/h1-2,8-10H,(H,11,12);2-5H2,1H3. The van der Waals surface area contributed by atoms with Gasteiger partial charge in [-0.1, -0.05) is 19.8 Å². The zero-order chi connectivity index (χ0) is 14.1. The topological polar surface area (TPSA) is 98.0 Å². The fourth-order valence-electron chi connectivity index (χ4n) is 1.07. The summed E-state index contributed by atoms with van der Waals surface area (Å²) in [5, 5.41) is 35.0. The number of benzene rings is 1. The average molecular weight is 277 g/mol. The Morgan fingerprint density at radius 3 is 1.94 bits per heavy atom. The van der Waals surface area contributed by atoms with Crippen LogP contribution in [0.4, 0.5) is 0 Å². The lowest BCUT2D eigenvalue weighted by atomic mass is 10.2. The second-order valence-corrected chi connectivity index (χ2v) is 3.94. The SMILES string of the molecule is CCCCCCl.O=C(O)c1cc(O)c(O)c(O)c1. The van der Waals surface area contributed by atoms with E-state index in [9.17, 15) is 4.79 Å². The number of alkyl halides is 1. The largest absolute Gasteiger partial charge is 0.504 e. The van der Waals surface area contributed by atoms with Gasteiger partial charge in [0.1, 0.15) is 0 Å². The van der Waals surface area contributed by atoms with Crippen LogP contribution in [0, 0.1) is 0 Å². The van der Waals surface area contributed by atoms with Crippen molar-refractivity contribution in [3.05, 3.63) is 17.7 Å². The molecule has 18 heavy (non-hydrogen) atoms. The van der Waals surface area contributed by atoms with Crippen LogP contribution in [-0.4, -0.2) is 32.3 Å². The minimum absolute atomic E-state index is 0.289. The number of phenolic OH excluding ortho intramolecular Hbond substituents is 3. The molecule has 0 aliphatic carbocycles. The fourth-order valence-corrected chi connectivity index (χ4v) is 1.26. The molecule has 0 aliphatic rings. The number of hydrogen-bond acceptors (Lipinski definition) is 4. The third-order valence-corrected chi connectivity index (χ3v) is 2.32. The highest BCUT2D eigenvalue weighted by molar-refractivity contribution is 6.17. The highest BCUT2D eigenvalue weighted by Crippen LogP contribution is 2.35. The van der Waals surface area contributed by atoms with Gasteiger partial charge >= 0.3 is 5.97 Å². The molecule has 0 heterocycles. The van der Waals surface area contributed by atoms with Gasteiger partial charge in [0.25, 0.3) is 0 Å². The van der Waals surface area contributed by atoms with Crippen molar-refractivity contribution in [1.29, 1.82) is 0 Å². The number of phenols is 3. The summed E-state index contributed by atoms with van der Waals surface area (Å²) in [5.74, 6) is -2.51. The molecule has 5 nitrogen and oxygen atoms in total. The Kier molecular flexibility index (Phi) is 7.71. The van der Waals surface area contributed by atoms with E-state index in [4.69, 9.17) is 32.0 Å². The van der Waals surface area contributed by atoms with Gasteiger partial charge in [-0.2, -0.15) is 0 Å². The summed E-state index contributed by atoms with van der Waals surface area (Å²) in [4.78, 5) is 10.3. The molecule has 0 radical (unpaired) electrons. The van der Waals surface area contributed by atoms with Crippen molar-refractivity contribution in [2.24, 2.45) is 0 Å². The van der Waals surface area contributed by atoms with Gasteiger partial charge in [0.15, 0.2) is 17.2 Å². The third kappa shape index (κ3) is 5.63. The Hall–Kier alpha value is -1.62. The Bertz CT molecular complexity index is 365. The zero-order valence-corrected chi connectivity index (χ0v) is 10.8. The average Bonchev–Trinajstić information content (AvgIpc) is 2.33. The molecule has 0 atom stereocenters. The lowest BCUT2D eigenvalue weighted by molar-refractivity contribution is 0.0696. The summed E-state index contributed by atoms with van der Waals surface area (Å²) in [6.45, 7) is 2.17. The number of aromatic carboxylic acids is 1. The molecule has 4 N–H and O–H groups in total. The van der Waals surface area contributed by atoms with Crippen molar-refractivity contribution >= 4 is 17.6 Å². The van der Waals surface area contributed by atoms with E-state index in [1.165, 1.54) is 19.3 Å². The monoisotopic (exact) mass is 276 g/mol. The lowest BCUT2D eigenvalue weighted by Gasteiger charge is -2.01. The Morgan fingerprint density at radius 1 is 1.17 bits per heavy atom. The molecule has 1 rings (SSSR count). The first-order valence-corrected chi connectivity index (χ1v) is 6.01. The maximum absolute atomic E-state index is 10.3. The van der Waals surface area contributed by atoms with Crippen molar-refractivity contribution in [3.8, 4) is 17.2 Å². The summed E-state index contributed by atoms with van der Waals surface area (Å²) in [6.07, 6.45) is 3.73. The predicted molar refractivity (Wildman–Crippen MR) is 68.6 cm³/mol. The van der Waals surface area contributed by atoms with Crippen LogP contribution >= 0.6 is 11.6 Å². The Labute approximate surface area is 110 Å². The third-order valence-electron chi connectivity index (χ3n) is 2.05. The van der Waals surface area contributed by atoms with Gasteiger partial charge in [-0.05, 0) is 18.6 Å². The molecule has 0 unspecified atom stereocenters. The van der Waals surface area contributed by atoms with Crippen LogP contribution in [-0.2, 0) is 0 Å². The molecule has 1 aromatic rings. The van der Waals surface area contributed by atoms with E-state index in [1.54, 1.807) is 0 Å². The normalized spacial score (nSPS) is 9.44. The number of hydrogen-bond donors (Lipinski definition) is 4. The Morgan fingerprint density at radius 2 is 1.67 bits per heavy atom. The van der Waals surface area contributed by atoms with Crippen molar-refractivity contribution in [2.45, 2.75) is 26.2 Å². The van der Waals surface area contributed by atoms with Gasteiger partial charge < -0.3 is 20.4 Å². The predicted octanol–water partition coefficient (Wildman–Crippen LogP) is 2.92. The van der Waals surface area contributed by atoms with E-state index in [0.29, 0.717) is 0 Å². The van der Waals surface area contributed by atoms with Gasteiger partial charge in [-0.3, -0.25) is 0 Å². The molecule has 0 saturated heterocycles. The van der Waals surface area contributed by atoms with Crippen LogP contribution in [0.1, 0.15) is 36.5 Å². The number of rotatable bonds is 4. The number of carbonyl (C=O) groups is 1. The molecular weight excluding hydrogens is 260 g/mol. The van der Waals surface area contributed by atoms with E-state index in [-0.39, 0.29) is 5.56 Å². The lowest BCUT2D eigenvalue weighted by Crippen LogP contribution is -1.95. The second-order valence-electron chi connectivity index (χ2n) is 3.56. The molecule has 6 heteroatoms. The summed E-state index contributed by atoms with van der Waals surface area (Å²) >= 11 is 5.38. The van der Waals surface area contributed by atoms with Crippen molar-refractivity contribution in [2.75, 3.05) is 5.88 Å². The number of unbranched alkanes of at least 4 members (excludes halogenated alkanes) is 2. The molecule has 0 bridgehead atoms. The first-order valence-electron chi connectivity index (χ1n) is 5.48. The van der Waals surface area contributed by atoms with E-state index >= 15 is 0 Å². The molecule has 0 amide bonds. The van der Waals surface area contributed by atoms with Crippen LogP contribution in [0.2, 0.25) is 0 Å². The van der Waals surface area contributed by atoms with Crippen LogP contribution in [0.25, 0.3) is 0 Å². The highest BCUT2D eigenvalue weighted by atomic mass is 35.5. The first-order chi connectivity index (χ1) is 8.43. The van der Waals surface area contributed by atoms with Crippen LogP contribution in [0.5, 0.6) is 17.2 Å². The zero-order valence-electron chi connectivity index (χ0n) is 10.1. The van der Waals surface area contributed by atoms with Crippen LogP contribution in [0.3, 0.4) is 0 Å². The van der Waals surface area contributed by atoms with Gasteiger partial charge in [0.05, 0.1) is 5.56 Å². The Balaban J connectivity index is 0.000000411. The second kappa shape index (κ2) is 8.47. The summed E-state index contributed by atoms with van der Waals surface area (Å²) in [6, 6.07) is 1.69. The van der Waals surface area contributed by atoms with E-state index in [0.717, 1.165) is 18.0 Å². The molecule has 0 spiro atoms. The van der Waals surface area contributed by atoms with E-state index in [2.05, 4.69) is 6.92 Å². The number of carboxylic acid groups (broad SMARTS) is 1. The first kappa shape index (κ1) is 16.4. The summed E-state index contributed by atoms with van der Waals surface area (Å²) in [5.41, 5.74) is -0.289.